The fraction of sp³-hybridized carbons (Fsp3) is 0.111. The summed E-state index contributed by atoms with van der Waals surface area (Å²) in [6.45, 7) is 0. The minimum Gasteiger partial charge on any atom is -0.398 e. The molecular formula is C9H10Cl2N4O. The van der Waals surface area contributed by atoms with Crippen LogP contribution in [0.1, 0.15) is 5.56 Å². The number of nitrogen functional groups attached to an aromatic ring is 1. The number of hydrogen-bond donors (Lipinski definition) is 4. The van der Waals surface area contributed by atoms with Crippen LogP contribution in [0, 0.1) is 5.41 Å². The Morgan fingerprint density at radius 3 is 2.62 bits per heavy atom. The average molecular weight is 261 g/mol. The SMILES string of the molecule is N=C(N)NC(=O)Cc1c(Cl)ccc(N)c1Cl. The molecule has 0 spiro atoms. The topological polar surface area (TPSA) is 105 Å². The molecule has 7 heteroatoms. The second kappa shape index (κ2) is 5.05. The summed E-state index contributed by atoms with van der Waals surface area (Å²) < 4.78 is 0. The first-order valence-electron chi connectivity index (χ1n) is 4.28. The lowest BCUT2D eigenvalue weighted by molar-refractivity contribution is -0.119. The van der Waals surface area contributed by atoms with Gasteiger partial charge in [0.1, 0.15) is 0 Å². The Morgan fingerprint density at radius 2 is 2.06 bits per heavy atom. The van der Waals surface area contributed by atoms with Gasteiger partial charge in [-0.25, -0.2) is 0 Å². The van der Waals surface area contributed by atoms with Crippen LogP contribution in [-0.2, 0) is 11.2 Å². The van der Waals surface area contributed by atoms with Crippen molar-refractivity contribution in [2.45, 2.75) is 6.42 Å². The molecule has 0 aliphatic rings. The molecule has 1 rings (SSSR count). The van der Waals surface area contributed by atoms with Crippen molar-refractivity contribution in [3.05, 3.63) is 27.7 Å². The van der Waals surface area contributed by atoms with E-state index in [1.807, 2.05) is 0 Å². The van der Waals surface area contributed by atoms with Crippen LogP contribution < -0.4 is 16.8 Å². The number of carbonyl (C=O) groups excluding carboxylic acids is 1. The van der Waals surface area contributed by atoms with Gasteiger partial charge in [-0.2, -0.15) is 0 Å². The number of nitrogens with two attached hydrogens (primary N) is 2. The average Bonchev–Trinajstić information content (AvgIpc) is 2.17. The zero-order valence-corrected chi connectivity index (χ0v) is 9.69. The highest BCUT2D eigenvalue weighted by molar-refractivity contribution is 6.38. The molecule has 0 atom stereocenters. The van der Waals surface area contributed by atoms with Crippen LogP contribution in [0.25, 0.3) is 0 Å². The van der Waals surface area contributed by atoms with E-state index in [0.29, 0.717) is 16.3 Å². The van der Waals surface area contributed by atoms with E-state index in [1.54, 1.807) is 12.1 Å². The molecule has 0 aliphatic heterocycles. The third kappa shape index (κ3) is 3.01. The summed E-state index contributed by atoms with van der Waals surface area (Å²) in [6.07, 6.45) is -0.0811. The molecule has 0 heterocycles. The molecule has 0 fully saturated rings. The highest BCUT2D eigenvalue weighted by Gasteiger charge is 2.13. The van der Waals surface area contributed by atoms with Gasteiger partial charge in [-0.05, 0) is 12.1 Å². The maximum Gasteiger partial charge on any atom is 0.231 e. The van der Waals surface area contributed by atoms with E-state index in [2.05, 4.69) is 5.32 Å². The van der Waals surface area contributed by atoms with Crippen molar-refractivity contribution in [3.63, 3.8) is 0 Å². The van der Waals surface area contributed by atoms with E-state index in [9.17, 15) is 4.79 Å². The second-order valence-corrected chi connectivity index (χ2v) is 3.85. The second-order valence-electron chi connectivity index (χ2n) is 3.07. The minimum atomic E-state index is -0.470. The van der Waals surface area contributed by atoms with Crippen molar-refractivity contribution < 1.29 is 4.79 Å². The van der Waals surface area contributed by atoms with Crippen LogP contribution in [-0.4, -0.2) is 11.9 Å². The van der Waals surface area contributed by atoms with E-state index in [-0.39, 0.29) is 11.4 Å². The molecule has 1 amide bonds. The number of carbonyl (C=O) groups is 1. The van der Waals surface area contributed by atoms with E-state index >= 15 is 0 Å². The summed E-state index contributed by atoms with van der Waals surface area (Å²) in [5.41, 5.74) is 11.4. The predicted molar refractivity (Wildman–Crippen MR) is 64.6 cm³/mol. The van der Waals surface area contributed by atoms with Crippen LogP contribution >= 0.6 is 23.2 Å². The van der Waals surface area contributed by atoms with Gasteiger partial charge < -0.3 is 11.5 Å². The van der Waals surface area contributed by atoms with Gasteiger partial charge in [0.15, 0.2) is 5.96 Å². The van der Waals surface area contributed by atoms with E-state index in [1.165, 1.54) is 0 Å². The van der Waals surface area contributed by atoms with Crippen LogP contribution in [0.3, 0.4) is 0 Å². The van der Waals surface area contributed by atoms with Crippen molar-refractivity contribution in [2.75, 3.05) is 5.73 Å². The number of hydrogen-bond acceptors (Lipinski definition) is 3. The molecule has 1 aromatic rings. The quantitative estimate of drug-likeness (QED) is 0.364. The summed E-state index contributed by atoms with van der Waals surface area (Å²) in [5, 5.41) is 9.61. The van der Waals surface area contributed by atoms with Gasteiger partial charge in [-0.15, -0.1) is 0 Å². The van der Waals surface area contributed by atoms with Crippen LogP contribution in [0.5, 0.6) is 0 Å². The molecule has 5 nitrogen and oxygen atoms in total. The Hall–Kier alpha value is -1.46. The van der Waals surface area contributed by atoms with Gasteiger partial charge >= 0.3 is 0 Å². The number of amides is 1. The molecule has 0 saturated heterocycles. The number of nitrogens with one attached hydrogen (secondary N) is 2. The first-order chi connectivity index (χ1) is 7.41. The maximum atomic E-state index is 11.3. The first-order valence-corrected chi connectivity index (χ1v) is 5.03. The van der Waals surface area contributed by atoms with E-state index in [0.717, 1.165) is 0 Å². The Morgan fingerprint density at radius 1 is 1.44 bits per heavy atom. The van der Waals surface area contributed by atoms with Gasteiger partial charge in [0.05, 0.1) is 17.1 Å². The van der Waals surface area contributed by atoms with Crippen LogP contribution in [0.15, 0.2) is 12.1 Å². The molecule has 0 unspecified atom stereocenters. The Labute approximate surface area is 102 Å². The molecule has 0 aliphatic carbocycles. The third-order valence-corrected chi connectivity index (χ3v) is 2.63. The van der Waals surface area contributed by atoms with Crippen molar-refractivity contribution in [3.8, 4) is 0 Å². The lowest BCUT2D eigenvalue weighted by Crippen LogP contribution is -2.36. The Bertz CT molecular complexity index is 447. The number of halogens is 2. The summed E-state index contributed by atoms with van der Waals surface area (Å²) in [7, 11) is 0. The number of anilines is 1. The van der Waals surface area contributed by atoms with Crippen molar-refractivity contribution in [1.29, 1.82) is 5.41 Å². The lowest BCUT2D eigenvalue weighted by atomic mass is 10.1. The van der Waals surface area contributed by atoms with Crippen molar-refractivity contribution in [2.24, 2.45) is 5.73 Å². The molecule has 0 radical (unpaired) electrons. The largest absolute Gasteiger partial charge is 0.398 e. The van der Waals surface area contributed by atoms with Crippen LogP contribution in [0.4, 0.5) is 5.69 Å². The fourth-order valence-corrected chi connectivity index (χ4v) is 1.64. The smallest absolute Gasteiger partial charge is 0.231 e. The van der Waals surface area contributed by atoms with Gasteiger partial charge in [-0.1, -0.05) is 23.2 Å². The fourth-order valence-electron chi connectivity index (χ4n) is 1.13. The summed E-state index contributed by atoms with van der Waals surface area (Å²) >= 11 is 11.8. The van der Waals surface area contributed by atoms with Crippen molar-refractivity contribution >= 4 is 40.8 Å². The highest BCUT2D eigenvalue weighted by Crippen LogP contribution is 2.30. The molecule has 0 saturated carbocycles. The summed E-state index contributed by atoms with van der Waals surface area (Å²) in [4.78, 5) is 11.3. The standard InChI is InChI=1S/C9H10Cl2N4O/c10-5-1-2-6(12)8(11)4(5)3-7(16)15-9(13)14/h1-2H,3,12H2,(H4,13,14,15,16). The zero-order valence-electron chi connectivity index (χ0n) is 8.18. The number of benzene rings is 1. The molecule has 1 aromatic carbocycles. The molecule has 0 aromatic heterocycles. The van der Waals surface area contributed by atoms with Crippen molar-refractivity contribution in [1.82, 2.24) is 5.32 Å². The third-order valence-electron chi connectivity index (χ3n) is 1.83. The number of rotatable bonds is 2. The minimum absolute atomic E-state index is 0.0811. The molecule has 86 valence electrons. The zero-order chi connectivity index (χ0) is 12.3. The summed E-state index contributed by atoms with van der Waals surface area (Å²) in [6, 6.07) is 3.11. The predicted octanol–water partition coefficient (Wildman–Crippen LogP) is 1.13. The molecular weight excluding hydrogens is 251 g/mol. The monoisotopic (exact) mass is 260 g/mol. The molecule has 0 bridgehead atoms. The first kappa shape index (κ1) is 12.6. The van der Waals surface area contributed by atoms with Gasteiger partial charge in [0, 0.05) is 10.6 Å². The van der Waals surface area contributed by atoms with E-state index in [4.69, 9.17) is 40.1 Å². The highest BCUT2D eigenvalue weighted by atomic mass is 35.5. The Kier molecular flexibility index (Phi) is 3.98. The van der Waals surface area contributed by atoms with Gasteiger partial charge in [0.25, 0.3) is 0 Å². The summed E-state index contributed by atoms with van der Waals surface area (Å²) in [5.74, 6) is -0.900. The maximum absolute atomic E-state index is 11.3. The number of guanidine groups is 1. The molecule has 6 N–H and O–H groups in total. The van der Waals surface area contributed by atoms with Gasteiger partial charge in [-0.3, -0.25) is 15.5 Å². The Balaban J connectivity index is 2.93. The lowest BCUT2D eigenvalue weighted by Gasteiger charge is -2.08. The van der Waals surface area contributed by atoms with Crippen LogP contribution in [0.2, 0.25) is 10.0 Å². The van der Waals surface area contributed by atoms with E-state index < -0.39 is 11.9 Å². The normalized spacial score (nSPS) is 9.88. The van der Waals surface area contributed by atoms with Gasteiger partial charge in [0.2, 0.25) is 5.91 Å². The molecule has 16 heavy (non-hydrogen) atoms.